The van der Waals surface area contributed by atoms with E-state index in [0.29, 0.717) is 5.56 Å². The van der Waals surface area contributed by atoms with E-state index < -0.39 is 5.97 Å². The first-order valence-electron chi connectivity index (χ1n) is 11.5. The van der Waals surface area contributed by atoms with Crippen LogP contribution in [-0.2, 0) is 6.42 Å². The molecule has 166 valence electrons. The van der Waals surface area contributed by atoms with Crippen LogP contribution in [0, 0.1) is 0 Å². The normalized spacial score (nSPS) is 17.3. The standard InChI is InChI=1S/C29H27NO3/c31-29(32)23-11-6-10-22(17-23)27-18-24(33-28-14-4-3-13-26(27)28)19-30-16-15-21-9-5-8-20-7-1-2-12-25(20)21/h1-14,17,24,27,30H,15-16,18-19H2,(H,31,32). The van der Waals surface area contributed by atoms with Gasteiger partial charge in [0, 0.05) is 18.0 Å². The van der Waals surface area contributed by atoms with Gasteiger partial charge in [0.25, 0.3) is 0 Å². The number of hydrogen-bond donors (Lipinski definition) is 2. The Kier molecular flexibility index (Phi) is 6.09. The van der Waals surface area contributed by atoms with Gasteiger partial charge in [-0.15, -0.1) is 0 Å². The van der Waals surface area contributed by atoms with Gasteiger partial charge in [0.1, 0.15) is 11.9 Å². The zero-order chi connectivity index (χ0) is 22.6. The van der Waals surface area contributed by atoms with E-state index in [1.807, 2.05) is 30.3 Å². The van der Waals surface area contributed by atoms with Gasteiger partial charge in [-0.05, 0) is 59.5 Å². The van der Waals surface area contributed by atoms with E-state index in [9.17, 15) is 9.90 Å². The SMILES string of the molecule is O=C(O)c1cccc(C2CC(CNCCc3cccc4ccccc34)Oc3ccccc32)c1. The number of rotatable bonds is 7. The van der Waals surface area contributed by atoms with Gasteiger partial charge in [-0.2, -0.15) is 0 Å². The number of hydrogen-bond acceptors (Lipinski definition) is 3. The average Bonchev–Trinajstić information content (AvgIpc) is 2.86. The van der Waals surface area contributed by atoms with E-state index in [4.69, 9.17) is 4.74 Å². The van der Waals surface area contributed by atoms with Crippen LogP contribution in [0.3, 0.4) is 0 Å². The van der Waals surface area contributed by atoms with Crippen molar-refractivity contribution < 1.29 is 14.6 Å². The van der Waals surface area contributed by atoms with Gasteiger partial charge in [0.2, 0.25) is 0 Å². The first kappa shape index (κ1) is 21.2. The van der Waals surface area contributed by atoms with Gasteiger partial charge in [-0.1, -0.05) is 72.8 Å². The highest BCUT2D eigenvalue weighted by atomic mass is 16.5. The van der Waals surface area contributed by atoms with Gasteiger partial charge < -0.3 is 15.2 Å². The van der Waals surface area contributed by atoms with Crippen LogP contribution in [0.2, 0.25) is 0 Å². The molecule has 0 amide bonds. The minimum absolute atomic E-state index is 0.0194. The summed E-state index contributed by atoms with van der Waals surface area (Å²) in [4.78, 5) is 11.5. The van der Waals surface area contributed by atoms with Crippen molar-refractivity contribution >= 4 is 16.7 Å². The molecule has 0 aromatic heterocycles. The molecule has 4 aromatic carbocycles. The topological polar surface area (TPSA) is 58.6 Å². The largest absolute Gasteiger partial charge is 0.489 e. The lowest BCUT2D eigenvalue weighted by Gasteiger charge is -2.33. The number of aromatic carboxylic acids is 1. The number of carboxylic acids is 1. The van der Waals surface area contributed by atoms with Crippen LogP contribution in [0.25, 0.3) is 10.8 Å². The Morgan fingerprint density at radius 2 is 1.73 bits per heavy atom. The molecule has 33 heavy (non-hydrogen) atoms. The molecule has 1 heterocycles. The molecule has 4 heteroatoms. The molecule has 0 saturated carbocycles. The minimum atomic E-state index is -0.899. The van der Waals surface area contributed by atoms with Gasteiger partial charge >= 0.3 is 5.97 Å². The third-order valence-corrected chi connectivity index (χ3v) is 6.45. The summed E-state index contributed by atoms with van der Waals surface area (Å²) in [5.74, 6) is 0.0956. The molecule has 5 rings (SSSR count). The maximum atomic E-state index is 11.5. The second-order valence-corrected chi connectivity index (χ2v) is 8.59. The van der Waals surface area contributed by atoms with Crippen LogP contribution >= 0.6 is 0 Å². The quantitative estimate of drug-likeness (QED) is 0.367. The molecule has 0 saturated heterocycles. The van der Waals surface area contributed by atoms with Crippen LogP contribution in [0.1, 0.15) is 39.4 Å². The Labute approximate surface area is 193 Å². The highest BCUT2D eigenvalue weighted by molar-refractivity contribution is 5.88. The van der Waals surface area contributed by atoms with Crippen LogP contribution < -0.4 is 10.1 Å². The molecule has 1 aliphatic heterocycles. The van der Waals surface area contributed by atoms with Crippen LogP contribution in [-0.4, -0.2) is 30.3 Å². The Balaban J connectivity index is 1.28. The first-order chi connectivity index (χ1) is 16.2. The third kappa shape index (κ3) is 4.62. The van der Waals surface area contributed by atoms with Crippen molar-refractivity contribution in [2.45, 2.75) is 24.9 Å². The Morgan fingerprint density at radius 1 is 0.939 bits per heavy atom. The highest BCUT2D eigenvalue weighted by Gasteiger charge is 2.29. The number of carbonyl (C=O) groups is 1. The van der Waals surface area contributed by atoms with Gasteiger partial charge in [0.15, 0.2) is 0 Å². The van der Waals surface area contributed by atoms with Crippen molar-refractivity contribution in [3.8, 4) is 5.75 Å². The molecule has 0 fully saturated rings. The summed E-state index contributed by atoms with van der Waals surface area (Å²) in [5, 5.41) is 15.6. The van der Waals surface area contributed by atoms with E-state index in [1.54, 1.807) is 12.1 Å². The zero-order valence-electron chi connectivity index (χ0n) is 18.4. The minimum Gasteiger partial charge on any atom is -0.489 e. The molecule has 4 aromatic rings. The monoisotopic (exact) mass is 437 g/mol. The fraction of sp³-hybridized carbons (Fsp3) is 0.207. The lowest BCUT2D eigenvalue weighted by Crippen LogP contribution is -2.36. The predicted molar refractivity (Wildman–Crippen MR) is 131 cm³/mol. The number of para-hydroxylation sites is 1. The Morgan fingerprint density at radius 3 is 2.64 bits per heavy atom. The Bertz CT molecular complexity index is 1280. The molecule has 2 unspecified atom stereocenters. The summed E-state index contributed by atoms with van der Waals surface area (Å²) in [6.07, 6.45) is 1.78. The predicted octanol–water partition coefficient (Wildman–Crippen LogP) is 5.65. The maximum absolute atomic E-state index is 11.5. The number of benzene rings is 4. The third-order valence-electron chi connectivity index (χ3n) is 6.45. The van der Waals surface area contributed by atoms with Crippen LogP contribution in [0.5, 0.6) is 5.75 Å². The molecule has 2 atom stereocenters. The summed E-state index contributed by atoms with van der Waals surface area (Å²) in [6.45, 7) is 1.61. The smallest absolute Gasteiger partial charge is 0.335 e. The summed E-state index contributed by atoms with van der Waals surface area (Å²) in [6, 6.07) is 30.3. The summed E-state index contributed by atoms with van der Waals surface area (Å²) >= 11 is 0. The average molecular weight is 438 g/mol. The van der Waals surface area contributed by atoms with Crippen molar-refractivity contribution in [3.63, 3.8) is 0 Å². The maximum Gasteiger partial charge on any atom is 0.335 e. The fourth-order valence-corrected chi connectivity index (χ4v) is 4.82. The molecule has 0 aliphatic carbocycles. The van der Waals surface area contributed by atoms with Crippen molar-refractivity contribution in [1.82, 2.24) is 5.32 Å². The fourth-order valence-electron chi connectivity index (χ4n) is 4.82. The van der Waals surface area contributed by atoms with E-state index in [2.05, 4.69) is 53.8 Å². The lowest BCUT2D eigenvalue weighted by molar-refractivity contribution is 0.0696. The zero-order valence-corrected chi connectivity index (χ0v) is 18.4. The highest BCUT2D eigenvalue weighted by Crippen LogP contribution is 2.40. The second-order valence-electron chi connectivity index (χ2n) is 8.59. The molecule has 4 nitrogen and oxygen atoms in total. The summed E-state index contributed by atoms with van der Waals surface area (Å²) in [7, 11) is 0. The number of fused-ring (bicyclic) bond motifs is 2. The van der Waals surface area contributed by atoms with Crippen molar-refractivity contribution in [2.24, 2.45) is 0 Å². The Hall–Kier alpha value is -3.63. The molecule has 2 N–H and O–H groups in total. The van der Waals surface area contributed by atoms with Gasteiger partial charge in [0.05, 0.1) is 5.56 Å². The molecule has 0 bridgehead atoms. The van der Waals surface area contributed by atoms with E-state index in [1.165, 1.54) is 16.3 Å². The first-order valence-corrected chi connectivity index (χ1v) is 11.5. The van der Waals surface area contributed by atoms with E-state index in [-0.39, 0.29) is 12.0 Å². The molecular formula is C29H27NO3. The van der Waals surface area contributed by atoms with Crippen molar-refractivity contribution in [2.75, 3.05) is 13.1 Å². The van der Waals surface area contributed by atoms with Gasteiger partial charge in [-0.3, -0.25) is 0 Å². The van der Waals surface area contributed by atoms with E-state index >= 15 is 0 Å². The van der Waals surface area contributed by atoms with E-state index in [0.717, 1.165) is 42.8 Å². The summed E-state index contributed by atoms with van der Waals surface area (Å²) in [5.41, 5.74) is 3.80. The molecule has 0 radical (unpaired) electrons. The van der Waals surface area contributed by atoms with Crippen LogP contribution in [0.4, 0.5) is 0 Å². The summed E-state index contributed by atoms with van der Waals surface area (Å²) < 4.78 is 6.31. The lowest BCUT2D eigenvalue weighted by atomic mass is 9.83. The number of carboxylic acid groups (broad SMARTS) is 1. The van der Waals surface area contributed by atoms with Crippen molar-refractivity contribution in [1.29, 1.82) is 0 Å². The molecule has 1 aliphatic rings. The van der Waals surface area contributed by atoms with Crippen LogP contribution in [0.15, 0.2) is 91.0 Å². The number of ether oxygens (including phenoxy) is 1. The molecule has 0 spiro atoms. The van der Waals surface area contributed by atoms with Gasteiger partial charge in [-0.25, -0.2) is 4.79 Å². The second kappa shape index (κ2) is 9.47. The molecular weight excluding hydrogens is 410 g/mol. The van der Waals surface area contributed by atoms with Crippen molar-refractivity contribution in [3.05, 3.63) is 113 Å². The number of nitrogens with one attached hydrogen (secondary N) is 1.